The molecule has 0 aliphatic rings. The summed E-state index contributed by atoms with van der Waals surface area (Å²) in [6.45, 7) is 0.982. The van der Waals surface area contributed by atoms with E-state index in [-0.39, 0.29) is 6.29 Å². The van der Waals surface area contributed by atoms with Crippen molar-refractivity contribution in [3.8, 4) is 0 Å². The molecule has 0 heterocycles. The first-order valence-electron chi connectivity index (χ1n) is 3.73. The predicted molar refractivity (Wildman–Crippen MR) is 42.0 cm³/mol. The highest BCUT2D eigenvalue weighted by molar-refractivity contribution is 5.65. The van der Waals surface area contributed by atoms with Crippen molar-refractivity contribution >= 4 is 6.29 Å². The molecule has 0 aromatic heterocycles. The molecule has 1 N–H and O–H groups in total. The van der Waals surface area contributed by atoms with Gasteiger partial charge in [0, 0.05) is 5.56 Å². The third-order valence-corrected chi connectivity index (χ3v) is 1.81. The smallest absolute Gasteiger partial charge is 0.194 e. The van der Waals surface area contributed by atoms with Gasteiger partial charge in [-0.2, -0.15) is 0 Å². The van der Waals surface area contributed by atoms with Crippen LogP contribution in [0, 0.1) is 17.5 Å². The van der Waals surface area contributed by atoms with Crippen LogP contribution in [0.1, 0.15) is 12.5 Å². The van der Waals surface area contributed by atoms with Crippen molar-refractivity contribution in [2.24, 2.45) is 0 Å². The number of carbonyl (C=O) groups is 1. The van der Waals surface area contributed by atoms with Crippen LogP contribution in [0.15, 0.2) is 12.1 Å². The number of hydrogen-bond acceptors (Lipinski definition) is 2. The van der Waals surface area contributed by atoms with Crippen molar-refractivity contribution < 1.29 is 23.1 Å². The van der Waals surface area contributed by atoms with Gasteiger partial charge in [0.2, 0.25) is 0 Å². The van der Waals surface area contributed by atoms with Gasteiger partial charge in [-0.05, 0) is 19.1 Å². The molecule has 76 valence electrons. The van der Waals surface area contributed by atoms with E-state index in [0.717, 1.165) is 13.0 Å². The Labute approximate surface area is 78.0 Å². The van der Waals surface area contributed by atoms with Crippen LogP contribution in [0.2, 0.25) is 0 Å². The number of carbonyl (C=O) groups excluding carboxylic acids is 1. The lowest BCUT2D eigenvalue weighted by atomic mass is 9.97. The lowest BCUT2D eigenvalue weighted by Gasteiger charge is -2.16. The van der Waals surface area contributed by atoms with Gasteiger partial charge in [0.05, 0.1) is 0 Å². The van der Waals surface area contributed by atoms with Crippen molar-refractivity contribution in [2.75, 3.05) is 0 Å². The highest BCUT2D eigenvalue weighted by atomic mass is 19.2. The average molecular weight is 204 g/mol. The van der Waals surface area contributed by atoms with Gasteiger partial charge < -0.3 is 5.11 Å². The molecule has 0 radical (unpaired) electrons. The Morgan fingerprint density at radius 1 is 1.29 bits per heavy atom. The molecule has 0 aliphatic carbocycles. The molecule has 1 atom stereocenters. The summed E-state index contributed by atoms with van der Waals surface area (Å²) < 4.78 is 38.2. The fourth-order valence-electron chi connectivity index (χ4n) is 0.980. The minimum Gasteiger partial charge on any atom is -0.378 e. The van der Waals surface area contributed by atoms with Gasteiger partial charge in [-0.25, -0.2) is 13.2 Å². The SMILES string of the molecule is CC(O)(C=O)c1ccc(F)c(F)c1F. The van der Waals surface area contributed by atoms with Crippen LogP contribution in [0.4, 0.5) is 13.2 Å². The molecule has 0 aliphatic heterocycles. The van der Waals surface area contributed by atoms with Gasteiger partial charge in [0.25, 0.3) is 0 Å². The minimum absolute atomic E-state index is 0.0444. The van der Waals surface area contributed by atoms with Crippen molar-refractivity contribution in [2.45, 2.75) is 12.5 Å². The highest BCUT2D eigenvalue weighted by Gasteiger charge is 2.28. The second kappa shape index (κ2) is 3.42. The predicted octanol–water partition coefficient (Wildman–Crippen LogP) is 1.51. The third-order valence-electron chi connectivity index (χ3n) is 1.81. The number of hydrogen-bond donors (Lipinski definition) is 1. The Morgan fingerprint density at radius 3 is 2.36 bits per heavy atom. The number of benzene rings is 1. The molecular formula is C9H7F3O2. The van der Waals surface area contributed by atoms with Gasteiger partial charge in [-0.15, -0.1) is 0 Å². The highest BCUT2D eigenvalue weighted by Crippen LogP contribution is 2.24. The number of rotatable bonds is 2. The topological polar surface area (TPSA) is 37.3 Å². The zero-order valence-electron chi connectivity index (χ0n) is 7.22. The number of aldehydes is 1. The van der Waals surface area contributed by atoms with Crippen LogP contribution in [-0.2, 0) is 10.4 Å². The molecule has 14 heavy (non-hydrogen) atoms. The van der Waals surface area contributed by atoms with Gasteiger partial charge in [-0.3, -0.25) is 4.79 Å². The summed E-state index contributed by atoms with van der Waals surface area (Å²) in [5.74, 6) is -4.63. The monoisotopic (exact) mass is 204 g/mol. The van der Waals surface area contributed by atoms with Crippen molar-refractivity contribution in [3.05, 3.63) is 35.1 Å². The van der Waals surface area contributed by atoms with Crippen LogP contribution in [0.5, 0.6) is 0 Å². The first kappa shape index (κ1) is 10.7. The summed E-state index contributed by atoms with van der Waals surface area (Å²) in [7, 11) is 0. The number of aliphatic hydroxyl groups is 1. The van der Waals surface area contributed by atoms with E-state index in [2.05, 4.69) is 0 Å². The normalized spacial score (nSPS) is 14.9. The standard InChI is InChI=1S/C9H7F3O2/c1-9(14,4-13)5-2-3-6(10)8(12)7(5)11/h2-4,14H,1H3. The zero-order chi connectivity index (χ0) is 10.9. The Balaban J connectivity index is 3.38. The lowest BCUT2D eigenvalue weighted by Crippen LogP contribution is -2.25. The van der Waals surface area contributed by atoms with Gasteiger partial charge >= 0.3 is 0 Å². The fourth-order valence-corrected chi connectivity index (χ4v) is 0.980. The minimum atomic E-state index is -2.15. The van der Waals surface area contributed by atoms with Gasteiger partial charge in [0.15, 0.2) is 23.7 Å². The van der Waals surface area contributed by atoms with Crippen LogP contribution < -0.4 is 0 Å². The zero-order valence-corrected chi connectivity index (χ0v) is 7.22. The van der Waals surface area contributed by atoms with E-state index in [4.69, 9.17) is 0 Å². The largest absolute Gasteiger partial charge is 0.378 e. The number of halogens is 3. The van der Waals surface area contributed by atoms with E-state index < -0.39 is 28.6 Å². The van der Waals surface area contributed by atoms with Crippen molar-refractivity contribution in [3.63, 3.8) is 0 Å². The Morgan fingerprint density at radius 2 is 1.86 bits per heavy atom. The quantitative estimate of drug-likeness (QED) is 0.585. The first-order chi connectivity index (χ1) is 6.40. The molecule has 0 saturated heterocycles. The van der Waals surface area contributed by atoms with Crippen LogP contribution >= 0.6 is 0 Å². The maximum atomic E-state index is 13.0. The van der Waals surface area contributed by atoms with E-state index in [1.165, 1.54) is 0 Å². The van der Waals surface area contributed by atoms with E-state index in [9.17, 15) is 23.1 Å². The maximum absolute atomic E-state index is 13.0. The molecule has 1 aromatic rings. The second-order valence-electron chi connectivity index (χ2n) is 2.99. The first-order valence-corrected chi connectivity index (χ1v) is 3.73. The molecule has 0 bridgehead atoms. The maximum Gasteiger partial charge on any atom is 0.194 e. The van der Waals surface area contributed by atoms with E-state index >= 15 is 0 Å². The summed E-state index contributed by atoms with van der Waals surface area (Å²) in [5.41, 5.74) is -2.75. The van der Waals surface area contributed by atoms with Crippen LogP contribution in [0.3, 0.4) is 0 Å². The lowest BCUT2D eigenvalue weighted by molar-refractivity contribution is -0.123. The van der Waals surface area contributed by atoms with Gasteiger partial charge in [0.1, 0.15) is 5.60 Å². The summed E-state index contributed by atoms with van der Waals surface area (Å²) in [5, 5.41) is 9.29. The summed E-state index contributed by atoms with van der Waals surface area (Å²) in [6, 6.07) is 1.47. The summed E-state index contributed by atoms with van der Waals surface area (Å²) >= 11 is 0. The van der Waals surface area contributed by atoms with Crippen LogP contribution in [-0.4, -0.2) is 11.4 Å². The molecule has 2 nitrogen and oxygen atoms in total. The Bertz CT molecular complexity index is 375. The Kier molecular flexibility index (Phi) is 2.62. The molecule has 1 rings (SSSR count). The molecule has 0 saturated carbocycles. The summed E-state index contributed by atoms with van der Waals surface area (Å²) in [6.07, 6.45) is 0.0444. The fraction of sp³-hybridized carbons (Fsp3) is 0.222. The van der Waals surface area contributed by atoms with Crippen molar-refractivity contribution in [1.82, 2.24) is 0 Å². The molecule has 0 spiro atoms. The van der Waals surface area contributed by atoms with Crippen molar-refractivity contribution in [1.29, 1.82) is 0 Å². The van der Waals surface area contributed by atoms with E-state index in [1.807, 2.05) is 0 Å². The molecular weight excluding hydrogens is 197 g/mol. The Hall–Kier alpha value is -1.36. The molecule has 5 heteroatoms. The van der Waals surface area contributed by atoms with Gasteiger partial charge in [-0.1, -0.05) is 0 Å². The third kappa shape index (κ3) is 1.63. The summed E-state index contributed by atoms with van der Waals surface area (Å²) in [4.78, 5) is 10.3. The second-order valence-corrected chi connectivity index (χ2v) is 2.99. The van der Waals surface area contributed by atoms with Crippen LogP contribution in [0.25, 0.3) is 0 Å². The molecule has 1 aromatic carbocycles. The van der Waals surface area contributed by atoms with E-state index in [1.54, 1.807) is 0 Å². The molecule has 1 unspecified atom stereocenters. The average Bonchev–Trinajstić information content (AvgIpc) is 2.14. The molecule has 0 fully saturated rings. The molecule has 0 amide bonds. The van der Waals surface area contributed by atoms with E-state index in [0.29, 0.717) is 6.07 Å².